The second kappa shape index (κ2) is 4.33. The van der Waals surface area contributed by atoms with Gasteiger partial charge in [0.15, 0.2) is 0 Å². The molecular formula is C10H15ClN4. The van der Waals surface area contributed by atoms with Gasteiger partial charge in [0.25, 0.3) is 0 Å². The zero-order chi connectivity index (χ0) is 10.8. The highest BCUT2D eigenvalue weighted by Gasteiger charge is 2.16. The zero-order valence-electron chi connectivity index (χ0n) is 9.07. The van der Waals surface area contributed by atoms with Crippen molar-refractivity contribution in [2.24, 2.45) is 0 Å². The van der Waals surface area contributed by atoms with Crippen molar-refractivity contribution in [3.63, 3.8) is 0 Å². The Kier molecular flexibility index (Phi) is 3.07. The minimum Gasteiger partial charge on any atom is -0.338 e. The van der Waals surface area contributed by atoms with E-state index >= 15 is 0 Å². The van der Waals surface area contributed by atoms with E-state index in [1.165, 1.54) is 0 Å². The molecule has 15 heavy (non-hydrogen) atoms. The van der Waals surface area contributed by atoms with E-state index in [0.717, 1.165) is 37.8 Å². The van der Waals surface area contributed by atoms with Crippen LogP contribution in [0.4, 0.5) is 5.95 Å². The summed E-state index contributed by atoms with van der Waals surface area (Å²) in [5.41, 5.74) is 0.920. The molecule has 0 spiro atoms. The van der Waals surface area contributed by atoms with Gasteiger partial charge in [0.05, 0.1) is 0 Å². The second-order valence-electron chi connectivity index (χ2n) is 3.92. The average molecular weight is 227 g/mol. The first-order chi connectivity index (χ1) is 7.15. The summed E-state index contributed by atoms with van der Waals surface area (Å²) in [6.45, 7) is 5.98. The van der Waals surface area contributed by atoms with Crippen LogP contribution >= 0.6 is 11.6 Å². The van der Waals surface area contributed by atoms with Crippen molar-refractivity contribution in [2.45, 2.75) is 6.92 Å². The molecule has 1 aliphatic heterocycles. The van der Waals surface area contributed by atoms with Crippen LogP contribution < -0.4 is 4.90 Å². The van der Waals surface area contributed by atoms with Gasteiger partial charge in [-0.05, 0) is 20.0 Å². The summed E-state index contributed by atoms with van der Waals surface area (Å²) >= 11 is 5.91. The van der Waals surface area contributed by atoms with Gasteiger partial charge >= 0.3 is 0 Å². The van der Waals surface area contributed by atoms with Gasteiger partial charge < -0.3 is 9.80 Å². The minimum absolute atomic E-state index is 0.524. The molecule has 0 amide bonds. The van der Waals surface area contributed by atoms with Crippen LogP contribution in [0.15, 0.2) is 6.07 Å². The molecule has 2 heterocycles. The van der Waals surface area contributed by atoms with Crippen molar-refractivity contribution in [1.29, 1.82) is 0 Å². The molecule has 0 bridgehead atoms. The van der Waals surface area contributed by atoms with Crippen LogP contribution in [-0.4, -0.2) is 48.1 Å². The molecule has 82 valence electrons. The van der Waals surface area contributed by atoms with E-state index in [1.54, 1.807) is 6.07 Å². The zero-order valence-corrected chi connectivity index (χ0v) is 9.83. The number of rotatable bonds is 1. The Balaban J connectivity index is 2.15. The number of halogens is 1. The second-order valence-corrected chi connectivity index (χ2v) is 4.31. The summed E-state index contributed by atoms with van der Waals surface area (Å²) in [6, 6.07) is 1.78. The van der Waals surface area contributed by atoms with Gasteiger partial charge in [-0.15, -0.1) is 0 Å². The molecule has 1 aromatic rings. The molecule has 1 fully saturated rings. The SMILES string of the molecule is Cc1cc(Cl)nc(N2CCN(C)CC2)n1. The summed E-state index contributed by atoms with van der Waals surface area (Å²) in [5.74, 6) is 0.758. The van der Waals surface area contributed by atoms with E-state index in [2.05, 4.69) is 26.8 Å². The highest BCUT2D eigenvalue weighted by Crippen LogP contribution is 2.14. The molecule has 0 atom stereocenters. The van der Waals surface area contributed by atoms with Crippen LogP contribution in [0.5, 0.6) is 0 Å². The molecule has 0 unspecified atom stereocenters. The number of aromatic nitrogens is 2. The number of piperazine rings is 1. The lowest BCUT2D eigenvalue weighted by Gasteiger charge is -2.32. The molecule has 0 saturated carbocycles. The van der Waals surface area contributed by atoms with Gasteiger partial charge in [-0.3, -0.25) is 0 Å². The first-order valence-corrected chi connectivity index (χ1v) is 5.47. The average Bonchev–Trinajstić information content (AvgIpc) is 2.17. The van der Waals surface area contributed by atoms with Crippen LogP contribution in [0.3, 0.4) is 0 Å². The molecule has 4 nitrogen and oxygen atoms in total. The fraction of sp³-hybridized carbons (Fsp3) is 0.600. The summed E-state index contributed by atoms with van der Waals surface area (Å²) in [7, 11) is 2.13. The van der Waals surface area contributed by atoms with Gasteiger partial charge in [-0.25, -0.2) is 9.97 Å². The Labute approximate surface area is 94.9 Å². The number of likely N-dealkylation sites (N-methyl/N-ethyl adjacent to an activating group) is 1. The number of nitrogens with zero attached hydrogens (tertiary/aromatic N) is 4. The fourth-order valence-electron chi connectivity index (χ4n) is 1.66. The molecule has 0 radical (unpaired) electrons. The summed E-state index contributed by atoms with van der Waals surface area (Å²) in [6.07, 6.45) is 0. The maximum absolute atomic E-state index is 5.91. The molecule has 0 aliphatic carbocycles. The van der Waals surface area contributed by atoms with E-state index in [9.17, 15) is 0 Å². The van der Waals surface area contributed by atoms with Crippen molar-refractivity contribution >= 4 is 17.5 Å². The first kappa shape index (κ1) is 10.6. The Morgan fingerprint density at radius 3 is 2.47 bits per heavy atom. The van der Waals surface area contributed by atoms with E-state index < -0.39 is 0 Å². The van der Waals surface area contributed by atoms with E-state index in [1.807, 2.05) is 6.92 Å². The molecular weight excluding hydrogens is 212 g/mol. The van der Waals surface area contributed by atoms with Crippen LogP contribution in [0.2, 0.25) is 5.15 Å². The number of anilines is 1. The number of aryl methyl sites for hydroxylation is 1. The molecule has 1 aliphatic rings. The third kappa shape index (κ3) is 2.58. The molecule has 5 heteroatoms. The maximum Gasteiger partial charge on any atom is 0.227 e. The third-order valence-corrected chi connectivity index (χ3v) is 2.79. The van der Waals surface area contributed by atoms with Crippen molar-refractivity contribution in [3.05, 3.63) is 16.9 Å². The molecule has 2 rings (SSSR count). The highest BCUT2D eigenvalue weighted by atomic mass is 35.5. The number of hydrogen-bond donors (Lipinski definition) is 0. The lowest BCUT2D eigenvalue weighted by molar-refractivity contribution is 0.311. The lowest BCUT2D eigenvalue weighted by atomic mass is 10.3. The Hall–Kier alpha value is -0.870. The third-order valence-electron chi connectivity index (χ3n) is 2.60. The van der Waals surface area contributed by atoms with E-state index in [-0.39, 0.29) is 0 Å². The van der Waals surface area contributed by atoms with Gasteiger partial charge in [-0.2, -0.15) is 0 Å². The Bertz CT molecular complexity index is 327. The van der Waals surface area contributed by atoms with Gasteiger partial charge in [0, 0.05) is 31.9 Å². The maximum atomic E-state index is 5.91. The standard InChI is InChI=1S/C10H15ClN4/c1-8-7-9(11)13-10(12-8)15-5-3-14(2)4-6-15/h7H,3-6H2,1-2H3. The van der Waals surface area contributed by atoms with Crippen LogP contribution in [0, 0.1) is 6.92 Å². The Morgan fingerprint density at radius 1 is 1.20 bits per heavy atom. The summed E-state index contributed by atoms with van der Waals surface area (Å²) in [4.78, 5) is 13.1. The lowest BCUT2D eigenvalue weighted by Crippen LogP contribution is -2.45. The smallest absolute Gasteiger partial charge is 0.227 e. The molecule has 0 N–H and O–H groups in total. The van der Waals surface area contributed by atoms with Gasteiger partial charge in [-0.1, -0.05) is 11.6 Å². The van der Waals surface area contributed by atoms with Crippen molar-refractivity contribution in [2.75, 3.05) is 38.1 Å². The normalized spacial score (nSPS) is 18.2. The minimum atomic E-state index is 0.524. The van der Waals surface area contributed by atoms with Gasteiger partial charge in [0.2, 0.25) is 5.95 Å². The molecule has 1 aromatic heterocycles. The first-order valence-electron chi connectivity index (χ1n) is 5.10. The van der Waals surface area contributed by atoms with Crippen molar-refractivity contribution in [3.8, 4) is 0 Å². The molecule has 0 aromatic carbocycles. The Morgan fingerprint density at radius 2 is 1.87 bits per heavy atom. The largest absolute Gasteiger partial charge is 0.338 e. The summed E-state index contributed by atoms with van der Waals surface area (Å²) < 4.78 is 0. The number of hydrogen-bond acceptors (Lipinski definition) is 4. The highest BCUT2D eigenvalue weighted by molar-refractivity contribution is 6.29. The monoisotopic (exact) mass is 226 g/mol. The quantitative estimate of drug-likeness (QED) is 0.674. The van der Waals surface area contributed by atoms with Crippen LogP contribution in [0.25, 0.3) is 0 Å². The molecule has 1 saturated heterocycles. The van der Waals surface area contributed by atoms with Gasteiger partial charge in [0.1, 0.15) is 5.15 Å². The fourth-order valence-corrected chi connectivity index (χ4v) is 1.90. The van der Waals surface area contributed by atoms with Crippen molar-refractivity contribution < 1.29 is 0 Å². The van der Waals surface area contributed by atoms with E-state index in [4.69, 9.17) is 11.6 Å². The van der Waals surface area contributed by atoms with Crippen molar-refractivity contribution in [1.82, 2.24) is 14.9 Å². The van der Waals surface area contributed by atoms with Crippen LogP contribution in [-0.2, 0) is 0 Å². The van der Waals surface area contributed by atoms with E-state index in [0.29, 0.717) is 5.15 Å². The summed E-state index contributed by atoms with van der Waals surface area (Å²) in [5, 5.41) is 0.524. The topological polar surface area (TPSA) is 32.3 Å². The predicted molar refractivity (Wildman–Crippen MR) is 61.5 cm³/mol. The van der Waals surface area contributed by atoms with Crippen LogP contribution in [0.1, 0.15) is 5.69 Å². The predicted octanol–water partition coefficient (Wildman–Crippen LogP) is 1.19.